The lowest BCUT2D eigenvalue weighted by Crippen LogP contribution is -1.75. The van der Waals surface area contributed by atoms with Crippen molar-refractivity contribution in [2.45, 2.75) is 6.92 Å². The van der Waals surface area contributed by atoms with Crippen molar-refractivity contribution in [3.63, 3.8) is 0 Å². The fourth-order valence-electron chi connectivity index (χ4n) is 0.526. The highest BCUT2D eigenvalue weighted by atomic mass is 79.9. The van der Waals surface area contributed by atoms with Crippen molar-refractivity contribution >= 4 is 27.5 Å². The number of benzene rings is 1. The van der Waals surface area contributed by atoms with Gasteiger partial charge in [-0.25, -0.2) is 0 Å². The maximum absolute atomic E-state index is 5.73. The third-order valence-electron chi connectivity index (χ3n) is 1.13. The van der Waals surface area contributed by atoms with E-state index in [0.29, 0.717) is 5.02 Å². The number of hydrogen-bond donors (Lipinski definition) is 0. The van der Waals surface area contributed by atoms with Gasteiger partial charge in [0.05, 0.1) is 5.02 Å². The largest absolute Gasteiger partial charge is 0.0833 e. The summed E-state index contributed by atoms with van der Waals surface area (Å²) in [6.45, 7) is 1.95. The van der Waals surface area contributed by atoms with Gasteiger partial charge in [0.2, 0.25) is 0 Å². The first kappa shape index (κ1) is 7.10. The summed E-state index contributed by atoms with van der Waals surface area (Å²) in [7, 11) is 0. The number of halogens is 2. The summed E-state index contributed by atoms with van der Waals surface area (Å²) in [5, 5.41) is 0.685. The van der Waals surface area contributed by atoms with Gasteiger partial charge in [0, 0.05) is 10.5 Å². The minimum absolute atomic E-state index is 0.685. The van der Waals surface area contributed by atoms with Crippen LogP contribution < -0.4 is 0 Å². The average Bonchev–Trinajstić information content (AvgIpc) is 1.83. The van der Waals surface area contributed by atoms with E-state index < -0.39 is 0 Å². The summed E-state index contributed by atoms with van der Waals surface area (Å²) < 4.78 is 1.03. The van der Waals surface area contributed by atoms with Crippen molar-refractivity contribution in [2.24, 2.45) is 0 Å². The van der Waals surface area contributed by atoms with Crippen molar-refractivity contribution in [3.8, 4) is 0 Å². The molecule has 0 aromatic heterocycles. The molecule has 0 bridgehead atoms. The average molecular weight is 204 g/mol. The first-order valence-corrected chi connectivity index (χ1v) is 3.71. The van der Waals surface area contributed by atoms with Gasteiger partial charge in [-0.1, -0.05) is 33.6 Å². The van der Waals surface area contributed by atoms with Crippen LogP contribution in [0.1, 0.15) is 5.56 Å². The van der Waals surface area contributed by atoms with Crippen LogP contribution in [0.25, 0.3) is 0 Å². The minimum Gasteiger partial charge on any atom is -0.0833 e. The van der Waals surface area contributed by atoms with Crippen LogP contribution in [-0.2, 0) is 0 Å². The van der Waals surface area contributed by atoms with Crippen molar-refractivity contribution in [3.05, 3.63) is 33.3 Å². The van der Waals surface area contributed by atoms with Gasteiger partial charge >= 0.3 is 0 Å². The molecule has 0 spiro atoms. The fraction of sp³-hybridized carbons (Fsp3) is 0.143. The Balaban J connectivity index is 3.25. The summed E-state index contributed by atoms with van der Waals surface area (Å²) >= 11 is 9.07. The monoisotopic (exact) mass is 203 g/mol. The molecule has 0 nitrogen and oxygen atoms in total. The van der Waals surface area contributed by atoms with Gasteiger partial charge in [-0.15, -0.1) is 0 Å². The predicted molar refractivity (Wildman–Crippen MR) is 42.7 cm³/mol. The van der Waals surface area contributed by atoms with Crippen molar-refractivity contribution in [1.82, 2.24) is 0 Å². The third kappa shape index (κ3) is 1.46. The standard InChI is InChI=1S/C7H5BrCl/c1-5-6(8)3-2-4-7(5)9/h2-3H,1H3. The smallest absolute Gasteiger partial charge is 0.0525 e. The Morgan fingerprint density at radius 1 is 1.67 bits per heavy atom. The van der Waals surface area contributed by atoms with E-state index >= 15 is 0 Å². The van der Waals surface area contributed by atoms with Crippen molar-refractivity contribution < 1.29 is 0 Å². The second kappa shape index (κ2) is 2.72. The summed E-state index contributed by atoms with van der Waals surface area (Å²) in [5.74, 6) is 0. The van der Waals surface area contributed by atoms with E-state index in [1.165, 1.54) is 0 Å². The lowest BCUT2D eigenvalue weighted by Gasteiger charge is -1.96. The SMILES string of the molecule is Cc1c(Cl)[c]ccc1Br. The molecule has 0 unspecified atom stereocenters. The van der Waals surface area contributed by atoms with Crippen LogP contribution in [0, 0.1) is 13.0 Å². The van der Waals surface area contributed by atoms with E-state index in [4.69, 9.17) is 11.6 Å². The molecule has 0 saturated carbocycles. The molecular weight excluding hydrogens is 199 g/mol. The van der Waals surface area contributed by atoms with Crippen LogP contribution in [0.15, 0.2) is 16.6 Å². The molecule has 0 aliphatic heterocycles. The maximum Gasteiger partial charge on any atom is 0.0525 e. The zero-order valence-electron chi connectivity index (χ0n) is 4.91. The molecule has 0 saturated heterocycles. The topological polar surface area (TPSA) is 0 Å². The molecule has 0 aliphatic rings. The summed E-state index contributed by atoms with van der Waals surface area (Å²) in [4.78, 5) is 0. The first-order chi connectivity index (χ1) is 4.22. The highest BCUT2D eigenvalue weighted by Gasteiger charge is 1.96. The van der Waals surface area contributed by atoms with Crippen molar-refractivity contribution in [1.29, 1.82) is 0 Å². The van der Waals surface area contributed by atoms with Crippen LogP contribution in [0.5, 0.6) is 0 Å². The van der Waals surface area contributed by atoms with Gasteiger partial charge in [0.25, 0.3) is 0 Å². The second-order valence-electron chi connectivity index (χ2n) is 1.76. The lowest BCUT2D eigenvalue weighted by molar-refractivity contribution is 1.43. The zero-order chi connectivity index (χ0) is 6.85. The van der Waals surface area contributed by atoms with E-state index in [0.717, 1.165) is 10.0 Å². The maximum atomic E-state index is 5.73. The van der Waals surface area contributed by atoms with Crippen LogP contribution in [0.4, 0.5) is 0 Å². The molecule has 0 atom stereocenters. The van der Waals surface area contributed by atoms with E-state index in [9.17, 15) is 0 Å². The highest BCUT2D eigenvalue weighted by Crippen LogP contribution is 2.22. The summed E-state index contributed by atoms with van der Waals surface area (Å²) in [6.07, 6.45) is 0. The molecule has 47 valence electrons. The number of rotatable bonds is 0. The predicted octanol–water partition coefficient (Wildman–Crippen LogP) is 3.21. The van der Waals surface area contributed by atoms with E-state index in [2.05, 4.69) is 22.0 Å². The van der Waals surface area contributed by atoms with Gasteiger partial charge in [0.15, 0.2) is 0 Å². The summed E-state index contributed by atoms with van der Waals surface area (Å²) in [5.41, 5.74) is 1.04. The normalized spacial score (nSPS) is 9.67. The first-order valence-electron chi connectivity index (χ1n) is 2.54. The third-order valence-corrected chi connectivity index (χ3v) is 2.38. The molecule has 0 aliphatic carbocycles. The molecule has 1 rings (SSSR count). The van der Waals surface area contributed by atoms with Gasteiger partial charge < -0.3 is 0 Å². The molecule has 0 N–H and O–H groups in total. The van der Waals surface area contributed by atoms with Gasteiger partial charge in [-0.2, -0.15) is 0 Å². The second-order valence-corrected chi connectivity index (χ2v) is 3.00. The Kier molecular flexibility index (Phi) is 2.14. The quantitative estimate of drug-likeness (QED) is 0.609. The Bertz CT molecular complexity index is 200. The van der Waals surface area contributed by atoms with Crippen molar-refractivity contribution in [2.75, 3.05) is 0 Å². The molecule has 2 heteroatoms. The molecule has 0 heterocycles. The van der Waals surface area contributed by atoms with E-state index in [1.54, 1.807) is 6.07 Å². The van der Waals surface area contributed by atoms with Crippen LogP contribution >= 0.6 is 27.5 Å². The fourth-order valence-corrected chi connectivity index (χ4v) is 1.14. The van der Waals surface area contributed by atoms with Gasteiger partial charge in [0.1, 0.15) is 0 Å². The Labute approximate surface area is 68.0 Å². The van der Waals surface area contributed by atoms with Crippen LogP contribution in [0.3, 0.4) is 0 Å². The zero-order valence-corrected chi connectivity index (χ0v) is 7.25. The lowest BCUT2D eigenvalue weighted by atomic mass is 10.2. The molecule has 1 aromatic carbocycles. The van der Waals surface area contributed by atoms with Crippen LogP contribution in [-0.4, -0.2) is 0 Å². The molecular formula is C7H5BrCl. The van der Waals surface area contributed by atoms with Gasteiger partial charge in [-0.05, 0) is 18.6 Å². The Morgan fingerprint density at radius 3 is 2.78 bits per heavy atom. The van der Waals surface area contributed by atoms with E-state index in [1.807, 2.05) is 13.0 Å². The molecule has 0 fully saturated rings. The van der Waals surface area contributed by atoms with E-state index in [-0.39, 0.29) is 0 Å². The molecule has 9 heavy (non-hydrogen) atoms. The number of hydrogen-bond acceptors (Lipinski definition) is 0. The summed E-state index contributed by atoms with van der Waals surface area (Å²) in [6, 6.07) is 6.58. The highest BCUT2D eigenvalue weighted by molar-refractivity contribution is 9.10. The Morgan fingerprint density at radius 2 is 2.33 bits per heavy atom. The van der Waals surface area contributed by atoms with Crippen LogP contribution in [0.2, 0.25) is 5.02 Å². The molecule has 0 amide bonds. The molecule has 1 aromatic rings. The van der Waals surface area contributed by atoms with Gasteiger partial charge in [-0.3, -0.25) is 0 Å². The Hall–Kier alpha value is -0.0100. The minimum atomic E-state index is 0.685. The molecule has 1 radical (unpaired) electrons.